The van der Waals surface area contributed by atoms with Gasteiger partial charge < -0.3 is 5.11 Å². The number of aromatic nitrogens is 1. The van der Waals surface area contributed by atoms with Crippen molar-refractivity contribution in [1.82, 2.24) is 10.3 Å². The second-order valence-corrected chi connectivity index (χ2v) is 4.65. The number of pyridine rings is 1. The van der Waals surface area contributed by atoms with Crippen LogP contribution in [0.5, 0.6) is 0 Å². The van der Waals surface area contributed by atoms with Crippen LogP contribution in [0, 0.1) is 12.3 Å². The van der Waals surface area contributed by atoms with Gasteiger partial charge in [0.2, 0.25) is 0 Å². The molecule has 0 bridgehead atoms. The molecule has 2 N–H and O–H groups in total. The second-order valence-electron chi connectivity index (χ2n) is 2.88. The van der Waals surface area contributed by atoms with Crippen molar-refractivity contribution in [2.45, 2.75) is 6.04 Å². The average Bonchev–Trinajstić information content (AvgIpc) is 2.20. The quantitative estimate of drug-likeness (QED) is 0.817. The molecule has 0 spiro atoms. The molecule has 6 heteroatoms. The van der Waals surface area contributed by atoms with Gasteiger partial charge in [0.05, 0.1) is 12.2 Å². The van der Waals surface area contributed by atoms with Gasteiger partial charge in [0.15, 0.2) is 6.04 Å². The van der Waals surface area contributed by atoms with E-state index in [-0.39, 0.29) is 6.54 Å². The Morgan fingerprint density at radius 3 is 2.88 bits per heavy atom. The van der Waals surface area contributed by atoms with Crippen molar-refractivity contribution in [3.63, 3.8) is 0 Å². The maximum atomic E-state index is 11.0. The molecule has 1 unspecified atom stereocenters. The van der Waals surface area contributed by atoms with E-state index in [4.69, 9.17) is 11.5 Å². The van der Waals surface area contributed by atoms with Crippen LogP contribution in [0.3, 0.4) is 0 Å². The topological polar surface area (TPSA) is 62.2 Å². The Labute approximate surface area is 110 Å². The van der Waals surface area contributed by atoms with E-state index in [0.717, 1.165) is 4.47 Å². The van der Waals surface area contributed by atoms with E-state index in [0.29, 0.717) is 10.2 Å². The van der Waals surface area contributed by atoms with Crippen LogP contribution in [0.15, 0.2) is 21.2 Å². The Balaban J connectivity index is 3.02. The van der Waals surface area contributed by atoms with Gasteiger partial charge in [-0.25, -0.2) is 0 Å². The van der Waals surface area contributed by atoms with Gasteiger partial charge in [-0.15, -0.1) is 6.42 Å². The summed E-state index contributed by atoms with van der Waals surface area (Å²) in [6.07, 6.45) is 6.61. The first kappa shape index (κ1) is 13.2. The number of nitrogens with zero attached hydrogens (tertiary/aromatic N) is 1. The highest BCUT2D eigenvalue weighted by atomic mass is 79.9. The molecule has 1 atom stereocenters. The molecule has 0 radical (unpaired) electrons. The van der Waals surface area contributed by atoms with Gasteiger partial charge >= 0.3 is 5.97 Å². The van der Waals surface area contributed by atoms with Gasteiger partial charge in [-0.2, -0.15) is 0 Å². The minimum atomic E-state index is -1.02. The largest absolute Gasteiger partial charge is 0.480 e. The van der Waals surface area contributed by atoms with Gasteiger partial charge in [0.1, 0.15) is 0 Å². The minimum absolute atomic E-state index is 0.168. The Kier molecular flexibility index (Phi) is 4.93. The number of terminal acetylenes is 1. The number of hydrogen-bond acceptors (Lipinski definition) is 3. The Bertz CT molecular complexity index is 443. The summed E-state index contributed by atoms with van der Waals surface area (Å²) in [4.78, 5) is 15.1. The Hall–Kier alpha value is -0.900. The second kappa shape index (κ2) is 5.99. The van der Waals surface area contributed by atoms with Crippen LogP contribution >= 0.6 is 31.9 Å². The lowest BCUT2D eigenvalue weighted by Gasteiger charge is -2.13. The standard InChI is InChI=1S/C10H8Br2N2O2/c1-2-3-13-9(10(15)16)8-7(12)4-6(11)5-14-8/h1,4-5,9,13H,3H2,(H,15,16). The zero-order valence-corrected chi connectivity index (χ0v) is 11.2. The Morgan fingerprint density at radius 1 is 1.69 bits per heavy atom. The van der Waals surface area contributed by atoms with Crippen molar-refractivity contribution in [2.75, 3.05) is 6.54 Å². The summed E-state index contributed by atoms with van der Waals surface area (Å²) in [6, 6.07) is 0.814. The molecule has 84 valence electrons. The maximum Gasteiger partial charge on any atom is 0.327 e. The van der Waals surface area contributed by atoms with Crippen LogP contribution in [0.25, 0.3) is 0 Å². The summed E-state index contributed by atoms with van der Waals surface area (Å²) >= 11 is 6.50. The highest BCUT2D eigenvalue weighted by Crippen LogP contribution is 2.24. The van der Waals surface area contributed by atoms with Gasteiger partial charge in [-0.1, -0.05) is 5.92 Å². The van der Waals surface area contributed by atoms with Crippen molar-refractivity contribution in [3.8, 4) is 12.3 Å². The highest BCUT2D eigenvalue weighted by Gasteiger charge is 2.22. The molecule has 16 heavy (non-hydrogen) atoms. The monoisotopic (exact) mass is 346 g/mol. The van der Waals surface area contributed by atoms with Crippen molar-refractivity contribution in [2.24, 2.45) is 0 Å². The first-order valence-electron chi connectivity index (χ1n) is 4.27. The number of carbonyl (C=O) groups is 1. The number of carboxylic acids is 1. The Morgan fingerprint density at radius 2 is 2.38 bits per heavy atom. The summed E-state index contributed by atoms with van der Waals surface area (Å²) < 4.78 is 1.38. The lowest BCUT2D eigenvalue weighted by atomic mass is 10.2. The lowest BCUT2D eigenvalue weighted by Crippen LogP contribution is -2.29. The number of halogens is 2. The minimum Gasteiger partial charge on any atom is -0.480 e. The SMILES string of the molecule is C#CCNC(C(=O)O)c1ncc(Br)cc1Br. The van der Waals surface area contributed by atoms with Gasteiger partial charge in [-0.05, 0) is 37.9 Å². The fraction of sp³-hybridized carbons (Fsp3) is 0.200. The first-order valence-corrected chi connectivity index (χ1v) is 5.85. The number of hydrogen-bond donors (Lipinski definition) is 2. The number of rotatable bonds is 4. The van der Waals surface area contributed by atoms with Crippen molar-refractivity contribution >= 4 is 37.8 Å². The summed E-state index contributed by atoms with van der Waals surface area (Å²) in [6.45, 7) is 0.168. The highest BCUT2D eigenvalue weighted by molar-refractivity contribution is 9.11. The third-order valence-corrected chi connectivity index (χ3v) is 2.83. The molecule has 0 aromatic carbocycles. The van der Waals surface area contributed by atoms with Crippen molar-refractivity contribution < 1.29 is 9.90 Å². The summed E-state index contributed by atoms with van der Waals surface area (Å²) in [5.41, 5.74) is 0.394. The van der Waals surface area contributed by atoms with Crippen LogP contribution in [-0.2, 0) is 4.79 Å². The third kappa shape index (κ3) is 3.30. The van der Waals surface area contributed by atoms with E-state index < -0.39 is 12.0 Å². The van der Waals surface area contributed by atoms with Gasteiger partial charge in [0.25, 0.3) is 0 Å². The summed E-state index contributed by atoms with van der Waals surface area (Å²) in [5, 5.41) is 11.7. The van der Waals surface area contributed by atoms with Crippen LogP contribution in [0.4, 0.5) is 0 Å². The molecular weight excluding hydrogens is 340 g/mol. The van der Waals surface area contributed by atoms with Gasteiger partial charge in [-0.3, -0.25) is 15.1 Å². The normalized spacial score (nSPS) is 11.8. The predicted molar refractivity (Wildman–Crippen MR) is 66.8 cm³/mol. The number of aliphatic carboxylic acids is 1. The molecule has 1 rings (SSSR count). The summed E-state index contributed by atoms with van der Waals surface area (Å²) in [5.74, 6) is 1.30. The molecule has 1 aromatic rings. The van der Waals surface area contributed by atoms with E-state index in [1.807, 2.05) is 0 Å². The molecule has 4 nitrogen and oxygen atoms in total. The fourth-order valence-electron chi connectivity index (χ4n) is 1.10. The van der Waals surface area contributed by atoms with E-state index in [1.165, 1.54) is 6.20 Å². The molecule has 0 fully saturated rings. The summed E-state index contributed by atoms with van der Waals surface area (Å²) in [7, 11) is 0. The fourth-order valence-corrected chi connectivity index (χ4v) is 2.32. The van der Waals surface area contributed by atoms with Crippen LogP contribution in [0.1, 0.15) is 11.7 Å². The first-order chi connectivity index (χ1) is 7.56. The molecule has 0 aliphatic heterocycles. The zero-order valence-electron chi connectivity index (χ0n) is 8.08. The van der Waals surface area contributed by atoms with Crippen molar-refractivity contribution in [1.29, 1.82) is 0 Å². The van der Waals surface area contributed by atoms with E-state index >= 15 is 0 Å². The molecule has 0 aliphatic carbocycles. The molecule has 0 saturated heterocycles. The molecule has 1 heterocycles. The molecule has 0 saturated carbocycles. The van der Waals surface area contributed by atoms with Crippen LogP contribution in [0.2, 0.25) is 0 Å². The van der Waals surface area contributed by atoms with E-state index in [1.54, 1.807) is 6.07 Å². The average molecular weight is 348 g/mol. The van der Waals surface area contributed by atoms with Crippen LogP contribution < -0.4 is 5.32 Å². The number of carboxylic acid groups (broad SMARTS) is 1. The van der Waals surface area contributed by atoms with Crippen molar-refractivity contribution in [3.05, 3.63) is 26.9 Å². The molecule has 0 aliphatic rings. The third-order valence-electron chi connectivity index (χ3n) is 1.76. The van der Waals surface area contributed by atoms with E-state index in [2.05, 4.69) is 48.1 Å². The van der Waals surface area contributed by atoms with Crippen LogP contribution in [-0.4, -0.2) is 22.6 Å². The van der Waals surface area contributed by atoms with E-state index in [9.17, 15) is 4.79 Å². The molecular formula is C10H8Br2N2O2. The molecule has 1 aromatic heterocycles. The lowest BCUT2D eigenvalue weighted by molar-refractivity contribution is -0.139. The number of nitrogens with one attached hydrogen (secondary N) is 1. The van der Waals surface area contributed by atoms with Gasteiger partial charge in [0, 0.05) is 15.1 Å². The zero-order chi connectivity index (χ0) is 12.1. The maximum absolute atomic E-state index is 11.0. The smallest absolute Gasteiger partial charge is 0.327 e. The molecule has 0 amide bonds. The predicted octanol–water partition coefficient (Wildman–Crippen LogP) is 1.96.